The third-order valence-corrected chi connectivity index (χ3v) is 6.22. The molecule has 2 aromatic carbocycles. The molecule has 1 aliphatic carbocycles. The minimum atomic E-state index is -0.948. The van der Waals surface area contributed by atoms with Crippen molar-refractivity contribution >= 4 is 11.5 Å². The molecule has 8 heteroatoms. The lowest BCUT2D eigenvalue weighted by Gasteiger charge is -2.38. The molecule has 33 heavy (non-hydrogen) atoms. The van der Waals surface area contributed by atoms with Gasteiger partial charge in [-0.3, -0.25) is 4.79 Å². The van der Waals surface area contributed by atoms with E-state index in [1.54, 1.807) is 21.7 Å². The number of β-amino-alcohol motifs (C(OH)–C–C–N with tert-alkyl or cyclic N) is 1. The van der Waals surface area contributed by atoms with Crippen LogP contribution in [-0.4, -0.2) is 39.9 Å². The number of carbonyl (C=O) groups excluding carboxylic acids is 1. The summed E-state index contributed by atoms with van der Waals surface area (Å²) in [6.07, 6.45) is 2.39. The average Bonchev–Trinajstić information content (AvgIpc) is 3.52. The van der Waals surface area contributed by atoms with Crippen molar-refractivity contribution in [2.24, 2.45) is 0 Å². The van der Waals surface area contributed by atoms with E-state index in [1.807, 2.05) is 6.07 Å². The average molecular weight is 455 g/mol. The van der Waals surface area contributed by atoms with E-state index in [-0.39, 0.29) is 18.6 Å². The Morgan fingerprint density at radius 1 is 1.00 bits per heavy atom. The standard InChI is InChI=1S/C25H24F3N3O2/c26-21-7-5-17(11-22(21)27)31-18(12-24(29-31)16-2-3-16)4-6-19(32)9-15-1-8-25(23(28)10-15)30-13-20(33)14-30/h1,5,7-8,10-12,16,20,33H,2-4,6,9,13-14H2. The lowest BCUT2D eigenvalue weighted by molar-refractivity contribution is -0.118. The number of halogens is 3. The van der Waals surface area contributed by atoms with E-state index in [0.29, 0.717) is 42.4 Å². The normalized spacial score (nSPS) is 16.2. The van der Waals surface area contributed by atoms with Crippen LogP contribution in [0.4, 0.5) is 18.9 Å². The number of hydrogen-bond acceptors (Lipinski definition) is 4. The summed E-state index contributed by atoms with van der Waals surface area (Å²) in [5.41, 5.74) is 3.09. The molecule has 0 spiro atoms. The number of benzene rings is 2. The molecule has 0 unspecified atom stereocenters. The highest BCUT2D eigenvalue weighted by Crippen LogP contribution is 2.40. The number of rotatable bonds is 8. The van der Waals surface area contributed by atoms with Crippen LogP contribution in [0.3, 0.4) is 0 Å². The molecule has 1 aromatic heterocycles. The van der Waals surface area contributed by atoms with Crippen molar-refractivity contribution < 1.29 is 23.1 Å². The summed E-state index contributed by atoms with van der Waals surface area (Å²) >= 11 is 0. The topological polar surface area (TPSA) is 58.4 Å². The zero-order valence-electron chi connectivity index (χ0n) is 18.0. The largest absolute Gasteiger partial charge is 0.389 e. The molecule has 3 aromatic rings. The number of aliphatic hydroxyl groups is 1. The summed E-state index contributed by atoms with van der Waals surface area (Å²) in [4.78, 5) is 14.4. The van der Waals surface area contributed by atoms with E-state index < -0.39 is 23.6 Å². The summed E-state index contributed by atoms with van der Waals surface area (Å²) in [5, 5.41) is 14.0. The van der Waals surface area contributed by atoms with E-state index in [4.69, 9.17) is 0 Å². The summed E-state index contributed by atoms with van der Waals surface area (Å²) in [7, 11) is 0. The van der Waals surface area contributed by atoms with Gasteiger partial charge < -0.3 is 10.0 Å². The van der Waals surface area contributed by atoms with Gasteiger partial charge in [0.2, 0.25) is 0 Å². The van der Waals surface area contributed by atoms with Gasteiger partial charge in [-0.25, -0.2) is 17.9 Å². The van der Waals surface area contributed by atoms with E-state index >= 15 is 0 Å². The molecule has 2 aliphatic rings. The van der Waals surface area contributed by atoms with Crippen molar-refractivity contribution in [3.8, 4) is 5.69 Å². The Bertz CT molecular complexity index is 1200. The highest BCUT2D eigenvalue weighted by atomic mass is 19.2. The van der Waals surface area contributed by atoms with Crippen molar-refractivity contribution in [1.82, 2.24) is 9.78 Å². The van der Waals surface area contributed by atoms with Gasteiger partial charge in [-0.2, -0.15) is 5.10 Å². The molecule has 0 amide bonds. The fourth-order valence-electron chi connectivity index (χ4n) is 4.19. The minimum absolute atomic E-state index is 0.0486. The van der Waals surface area contributed by atoms with E-state index in [1.165, 1.54) is 12.1 Å². The van der Waals surface area contributed by atoms with Crippen LogP contribution in [0.2, 0.25) is 0 Å². The fraction of sp³-hybridized carbons (Fsp3) is 0.360. The monoisotopic (exact) mass is 455 g/mol. The van der Waals surface area contributed by atoms with Crippen LogP contribution in [0.1, 0.15) is 42.1 Å². The highest BCUT2D eigenvalue weighted by Gasteiger charge is 2.28. The first-order chi connectivity index (χ1) is 15.9. The van der Waals surface area contributed by atoms with Crippen molar-refractivity contribution in [2.45, 2.75) is 44.1 Å². The van der Waals surface area contributed by atoms with E-state index in [9.17, 15) is 23.1 Å². The van der Waals surface area contributed by atoms with Gasteiger partial charge >= 0.3 is 0 Å². The Morgan fingerprint density at radius 2 is 1.79 bits per heavy atom. The molecule has 2 heterocycles. The molecule has 0 bridgehead atoms. The van der Waals surface area contributed by atoms with Crippen LogP contribution in [0, 0.1) is 17.5 Å². The van der Waals surface area contributed by atoms with Gasteiger partial charge in [0, 0.05) is 43.6 Å². The summed E-state index contributed by atoms with van der Waals surface area (Å²) in [6, 6.07) is 10.3. The zero-order chi connectivity index (χ0) is 23.1. The predicted molar refractivity (Wildman–Crippen MR) is 117 cm³/mol. The van der Waals surface area contributed by atoms with Gasteiger partial charge in [0.25, 0.3) is 0 Å². The number of carbonyl (C=O) groups is 1. The summed E-state index contributed by atoms with van der Waals surface area (Å²) < 4.78 is 43.2. The molecule has 0 radical (unpaired) electrons. The molecule has 5 rings (SSSR count). The van der Waals surface area contributed by atoms with Gasteiger partial charge in [-0.15, -0.1) is 0 Å². The molecule has 1 saturated carbocycles. The summed E-state index contributed by atoms with van der Waals surface area (Å²) in [6.45, 7) is 0.813. The van der Waals surface area contributed by atoms with Crippen LogP contribution in [0.5, 0.6) is 0 Å². The second-order valence-corrected chi connectivity index (χ2v) is 8.91. The van der Waals surface area contributed by atoms with Crippen LogP contribution in [0.25, 0.3) is 5.69 Å². The summed E-state index contributed by atoms with van der Waals surface area (Å²) in [5.74, 6) is -1.95. The molecule has 1 saturated heterocycles. The molecule has 1 aliphatic heterocycles. The van der Waals surface area contributed by atoms with Gasteiger partial charge in [-0.1, -0.05) is 6.07 Å². The quantitative estimate of drug-likeness (QED) is 0.556. The van der Waals surface area contributed by atoms with Crippen LogP contribution in [0.15, 0.2) is 42.5 Å². The fourth-order valence-corrected chi connectivity index (χ4v) is 4.19. The van der Waals surface area contributed by atoms with Gasteiger partial charge in [-0.05, 0) is 55.2 Å². The lowest BCUT2D eigenvalue weighted by atomic mass is 10.0. The lowest BCUT2D eigenvalue weighted by Crippen LogP contribution is -2.51. The Balaban J connectivity index is 1.26. The van der Waals surface area contributed by atoms with E-state index in [0.717, 1.165) is 36.4 Å². The van der Waals surface area contributed by atoms with Crippen molar-refractivity contribution in [3.05, 3.63) is 76.9 Å². The first-order valence-electron chi connectivity index (χ1n) is 11.1. The molecular weight excluding hydrogens is 431 g/mol. The number of anilines is 1. The molecule has 5 nitrogen and oxygen atoms in total. The van der Waals surface area contributed by atoms with Crippen molar-refractivity contribution in [3.63, 3.8) is 0 Å². The number of aryl methyl sites for hydroxylation is 1. The maximum atomic E-state index is 14.4. The van der Waals surface area contributed by atoms with Gasteiger partial charge in [0.05, 0.1) is 23.2 Å². The third-order valence-electron chi connectivity index (χ3n) is 6.22. The third kappa shape index (κ3) is 4.66. The maximum Gasteiger partial charge on any atom is 0.160 e. The maximum absolute atomic E-state index is 14.4. The smallest absolute Gasteiger partial charge is 0.160 e. The Morgan fingerprint density at radius 3 is 2.45 bits per heavy atom. The highest BCUT2D eigenvalue weighted by molar-refractivity contribution is 5.81. The first kappa shape index (κ1) is 21.7. The Labute approximate surface area is 189 Å². The molecule has 0 atom stereocenters. The number of aliphatic hydroxyl groups excluding tert-OH is 1. The Kier molecular flexibility index (Phi) is 5.70. The predicted octanol–water partition coefficient (Wildman–Crippen LogP) is 4.09. The molecule has 2 fully saturated rings. The van der Waals surface area contributed by atoms with Crippen molar-refractivity contribution in [2.75, 3.05) is 18.0 Å². The molecule has 172 valence electrons. The SMILES string of the molecule is O=C(CCc1cc(C2CC2)nn1-c1ccc(F)c(F)c1)Cc1ccc(N2CC(O)C2)c(F)c1. The Hall–Kier alpha value is -3.13. The molecular formula is C25H24F3N3O2. The molecule has 1 N–H and O–H groups in total. The number of hydrogen-bond donors (Lipinski definition) is 1. The number of ketones is 1. The number of nitrogens with zero attached hydrogens (tertiary/aromatic N) is 3. The minimum Gasteiger partial charge on any atom is -0.389 e. The van der Waals surface area contributed by atoms with Crippen LogP contribution in [-0.2, 0) is 17.6 Å². The van der Waals surface area contributed by atoms with Crippen LogP contribution >= 0.6 is 0 Å². The number of Topliss-reactive ketones (excluding diaryl/α,β-unsaturated/α-hetero) is 1. The van der Waals surface area contributed by atoms with Gasteiger partial charge in [0.1, 0.15) is 11.6 Å². The van der Waals surface area contributed by atoms with E-state index in [2.05, 4.69) is 5.10 Å². The van der Waals surface area contributed by atoms with Crippen molar-refractivity contribution in [1.29, 1.82) is 0 Å². The first-order valence-corrected chi connectivity index (χ1v) is 11.1. The number of aromatic nitrogens is 2. The second kappa shape index (κ2) is 8.67. The zero-order valence-corrected chi connectivity index (χ0v) is 18.0. The van der Waals surface area contributed by atoms with Gasteiger partial charge in [0.15, 0.2) is 11.6 Å². The van der Waals surface area contributed by atoms with Crippen LogP contribution < -0.4 is 4.90 Å². The second-order valence-electron chi connectivity index (χ2n) is 8.91.